The molecule has 0 heterocycles. The average molecular weight is 480 g/mol. The van der Waals surface area contributed by atoms with E-state index in [1.807, 2.05) is 0 Å². The molecule has 0 aromatic heterocycles. The molecule has 3 saturated carbocycles. The standard InChI is InChI=1S/C25H44N2O3SSi/c1-23(2,3)32(6,7)30-18-12-14-24(4)17(16-18)8-9-19-20-10-11-22(26-27-31(28)29)25(20,5)15-13-21(19)24/h8,18-21,27H,9-16H2,1-7H3,(H,28,29)/p-1/b26-22-/t18-,19?,20?,21?,24-,25-/m0/s1. The van der Waals surface area contributed by atoms with Crippen LogP contribution >= 0.6 is 0 Å². The number of allylic oxidation sites excluding steroid dienone is 1. The van der Waals surface area contributed by atoms with Crippen LogP contribution in [-0.2, 0) is 15.7 Å². The van der Waals surface area contributed by atoms with Gasteiger partial charge in [-0.3, -0.25) is 4.21 Å². The Hall–Kier alpha value is -0.503. The van der Waals surface area contributed by atoms with Crippen LogP contribution in [0.4, 0.5) is 0 Å². The Labute approximate surface area is 198 Å². The zero-order chi connectivity index (χ0) is 23.5. The predicted molar refractivity (Wildman–Crippen MR) is 133 cm³/mol. The molecular formula is C25H43N2O3SSi-. The maximum absolute atomic E-state index is 11.0. The topological polar surface area (TPSA) is 73.8 Å². The van der Waals surface area contributed by atoms with Gasteiger partial charge in [-0.2, -0.15) is 5.10 Å². The molecule has 4 aliphatic rings. The molecule has 0 amide bonds. The van der Waals surface area contributed by atoms with Gasteiger partial charge in [-0.1, -0.05) is 46.3 Å². The Balaban J connectivity index is 1.52. The van der Waals surface area contributed by atoms with Gasteiger partial charge in [-0.05, 0) is 92.7 Å². The zero-order valence-electron chi connectivity index (χ0n) is 21.1. The molecule has 4 unspecified atom stereocenters. The van der Waals surface area contributed by atoms with Crippen LogP contribution in [0, 0.1) is 28.6 Å². The molecule has 32 heavy (non-hydrogen) atoms. The number of hydrazone groups is 1. The van der Waals surface area contributed by atoms with Crippen LogP contribution in [0.25, 0.3) is 0 Å². The third kappa shape index (κ3) is 4.09. The molecule has 1 N–H and O–H groups in total. The Kier molecular flexibility index (Phi) is 6.39. The van der Waals surface area contributed by atoms with E-state index in [4.69, 9.17) is 4.43 Å². The summed E-state index contributed by atoms with van der Waals surface area (Å²) in [4.78, 5) is 2.29. The maximum atomic E-state index is 11.0. The second-order valence-corrected chi connectivity index (χ2v) is 18.3. The molecule has 0 spiro atoms. The molecular weight excluding hydrogens is 436 g/mol. The van der Waals surface area contributed by atoms with Gasteiger partial charge in [-0.25, -0.2) is 4.83 Å². The number of nitrogens with zero attached hydrogens (tertiary/aromatic N) is 1. The summed E-state index contributed by atoms with van der Waals surface area (Å²) < 4.78 is 28.8. The van der Waals surface area contributed by atoms with Gasteiger partial charge in [0.15, 0.2) is 8.32 Å². The Bertz CT molecular complexity index is 836. The van der Waals surface area contributed by atoms with Crippen molar-refractivity contribution in [2.45, 2.75) is 110 Å². The maximum Gasteiger partial charge on any atom is 0.192 e. The Morgan fingerprint density at radius 1 is 1.16 bits per heavy atom. The van der Waals surface area contributed by atoms with E-state index in [-0.39, 0.29) is 10.5 Å². The predicted octanol–water partition coefficient (Wildman–Crippen LogP) is 6.08. The number of hydrogen-bond acceptors (Lipinski definition) is 4. The minimum Gasteiger partial charge on any atom is -0.754 e. The summed E-state index contributed by atoms with van der Waals surface area (Å²) >= 11 is -2.34. The number of nitrogens with one attached hydrogen (secondary N) is 1. The number of fused-ring (bicyclic) bond motifs is 5. The van der Waals surface area contributed by atoms with Crippen LogP contribution in [0.1, 0.15) is 86.0 Å². The molecule has 0 bridgehead atoms. The van der Waals surface area contributed by atoms with Gasteiger partial charge in [-0.15, -0.1) is 0 Å². The fraction of sp³-hybridized carbons (Fsp3) is 0.880. The van der Waals surface area contributed by atoms with E-state index >= 15 is 0 Å². The van der Waals surface area contributed by atoms with E-state index in [9.17, 15) is 8.76 Å². The lowest BCUT2D eigenvalue weighted by molar-refractivity contribution is -0.0194. The Morgan fingerprint density at radius 2 is 1.81 bits per heavy atom. The summed E-state index contributed by atoms with van der Waals surface area (Å²) in [6, 6.07) is 0. The van der Waals surface area contributed by atoms with Crippen molar-refractivity contribution in [2.24, 2.45) is 33.7 Å². The van der Waals surface area contributed by atoms with E-state index in [1.54, 1.807) is 5.57 Å². The Morgan fingerprint density at radius 3 is 2.47 bits per heavy atom. The van der Waals surface area contributed by atoms with Crippen molar-refractivity contribution in [2.75, 3.05) is 0 Å². The molecule has 4 rings (SSSR count). The average Bonchev–Trinajstić information content (AvgIpc) is 3.02. The van der Waals surface area contributed by atoms with Gasteiger partial charge in [0, 0.05) is 17.2 Å². The van der Waals surface area contributed by atoms with Gasteiger partial charge in [0.2, 0.25) is 0 Å². The smallest absolute Gasteiger partial charge is 0.192 e. The fourth-order valence-corrected chi connectivity index (χ4v) is 8.96. The highest BCUT2D eigenvalue weighted by Crippen LogP contribution is 2.64. The zero-order valence-corrected chi connectivity index (χ0v) is 22.9. The van der Waals surface area contributed by atoms with Crippen molar-refractivity contribution >= 4 is 25.3 Å². The van der Waals surface area contributed by atoms with Crippen LogP contribution in [0.2, 0.25) is 18.1 Å². The van der Waals surface area contributed by atoms with Crippen LogP contribution in [0.15, 0.2) is 16.8 Å². The van der Waals surface area contributed by atoms with E-state index in [1.165, 1.54) is 19.3 Å². The first kappa shape index (κ1) is 24.6. The second kappa shape index (κ2) is 8.31. The highest BCUT2D eigenvalue weighted by Gasteiger charge is 2.58. The quantitative estimate of drug-likeness (QED) is 0.230. The van der Waals surface area contributed by atoms with E-state index in [0.29, 0.717) is 23.4 Å². The SMILES string of the molecule is CC(C)(C)[Si](C)(C)O[C@H]1CC[C@@]2(C)C(=CCC3C2CC[C@]2(C)/C(=N\NS(=O)[O-])CCC32)C1. The molecule has 0 saturated heterocycles. The second-order valence-electron chi connectivity index (χ2n) is 12.9. The lowest BCUT2D eigenvalue weighted by Crippen LogP contribution is -2.52. The van der Waals surface area contributed by atoms with E-state index in [2.05, 4.69) is 63.7 Å². The molecule has 0 radical (unpaired) electrons. The molecule has 182 valence electrons. The van der Waals surface area contributed by atoms with Crippen molar-refractivity contribution in [1.82, 2.24) is 4.83 Å². The largest absolute Gasteiger partial charge is 0.754 e. The summed E-state index contributed by atoms with van der Waals surface area (Å²) in [5, 5.41) is 4.56. The first-order valence-corrected chi connectivity index (χ1v) is 16.6. The van der Waals surface area contributed by atoms with Crippen molar-refractivity contribution in [3.8, 4) is 0 Å². The molecule has 7 atom stereocenters. The summed E-state index contributed by atoms with van der Waals surface area (Å²) in [7, 11) is -1.75. The van der Waals surface area contributed by atoms with Crippen LogP contribution < -0.4 is 4.83 Å². The van der Waals surface area contributed by atoms with Gasteiger partial charge in [0.1, 0.15) is 0 Å². The molecule has 0 aliphatic heterocycles. The normalized spacial score (nSPS) is 42.0. The van der Waals surface area contributed by atoms with Crippen LogP contribution in [0.5, 0.6) is 0 Å². The first-order valence-electron chi connectivity index (χ1n) is 12.6. The third-order valence-corrected chi connectivity index (χ3v) is 15.1. The lowest BCUT2D eigenvalue weighted by Gasteiger charge is -2.57. The van der Waals surface area contributed by atoms with Gasteiger partial charge in [0.05, 0.1) is 11.3 Å². The third-order valence-electron chi connectivity index (χ3n) is 10.3. The number of rotatable bonds is 4. The van der Waals surface area contributed by atoms with Crippen LogP contribution in [0.3, 0.4) is 0 Å². The summed E-state index contributed by atoms with van der Waals surface area (Å²) in [6.45, 7) is 16.6. The minimum absolute atomic E-state index is 0.0396. The van der Waals surface area contributed by atoms with Gasteiger partial charge >= 0.3 is 0 Å². The minimum atomic E-state index is -2.34. The first-order chi connectivity index (χ1) is 14.8. The molecule has 0 aromatic carbocycles. The molecule has 0 aromatic rings. The summed E-state index contributed by atoms with van der Waals surface area (Å²) in [5.41, 5.74) is 3.06. The number of hydrogen-bond donors (Lipinski definition) is 1. The van der Waals surface area contributed by atoms with Crippen molar-refractivity contribution in [3.63, 3.8) is 0 Å². The van der Waals surface area contributed by atoms with Gasteiger partial charge in [0.25, 0.3) is 0 Å². The fourth-order valence-electron chi connectivity index (χ4n) is 7.39. The molecule has 4 aliphatic carbocycles. The van der Waals surface area contributed by atoms with Crippen molar-refractivity contribution < 1.29 is 13.2 Å². The highest BCUT2D eigenvalue weighted by atomic mass is 32.2. The molecule has 7 heteroatoms. The lowest BCUT2D eigenvalue weighted by atomic mass is 9.48. The van der Waals surface area contributed by atoms with Crippen molar-refractivity contribution in [3.05, 3.63) is 11.6 Å². The molecule has 5 nitrogen and oxygen atoms in total. The van der Waals surface area contributed by atoms with Crippen LogP contribution in [-0.4, -0.2) is 28.9 Å². The monoisotopic (exact) mass is 479 g/mol. The summed E-state index contributed by atoms with van der Waals surface area (Å²) in [5.74, 6) is 2.03. The summed E-state index contributed by atoms with van der Waals surface area (Å²) in [6.07, 6.45) is 12.0. The molecule has 3 fully saturated rings. The van der Waals surface area contributed by atoms with E-state index in [0.717, 1.165) is 43.7 Å². The van der Waals surface area contributed by atoms with E-state index < -0.39 is 19.6 Å². The van der Waals surface area contributed by atoms with Crippen molar-refractivity contribution in [1.29, 1.82) is 0 Å². The van der Waals surface area contributed by atoms with Gasteiger partial charge < -0.3 is 8.98 Å². The highest BCUT2D eigenvalue weighted by molar-refractivity contribution is 7.77.